The zero-order valence-electron chi connectivity index (χ0n) is 16.8. The molecule has 4 N–H and O–H groups in total. The van der Waals surface area contributed by atoms with Gasteiger partial charge in [0.2, 0.25) is 5.95 Å². The van der Waals surface area contributed by atoms with E-state index in [0.29, 0.717) is 11.6 Å². The lowest BCUT2D eigenvalue weighted by molar-refractivity contribution is -0.192. The van der Waals surface area contributed by atoms with Crippen LogP contribution >= 0.6 is 0 Å². The third-order valence-corrected chi connectivity index (χ3v) is 3.89. The van der Waals surface area contributed by atoms with Crippen LogP contribution in [0, 0.1) is 0 Å². The number of carbonyl (C=O) groups is 2. The molecule has 3 rings (SSSR count). The third kappa shape index (κ3) is 7.09. The Balaban J connectivity index is 0.000000451. The first kappa shape index (κ1) is 24.3. The van der Waals surface area contributed by atoms with E-state index in [4.69, 9.17) is 15.0 Å². The van der Waals surface area contributed by atoms with Crippen LogP contribution in [-0.2, 0) is 11.8 Å². The van der Waals surface area contributed by atoms with E-state index in [1.54, 1.807) is 30.1 Å². The van der Waals surface area contributed by atoms with Gasteiger partial charge in [0.25, 0.3) is 5.91 Å². The van der Waals surface area contributed by atoms with Crippen molar-refractivity contribution in [2.75, 3.05) is 18.5 Å². The molecule has 0 saturated heterocycles. The summed E-state index contributed by atoms with van der Waals surface area (Å²) in [5.74, 6) is -2.48. The summed E-state index contributed by atoms with van der Waals surface area (Å²) in [5.41, 5.74) is 3.09. The van der Waals surface area contributed by atoms with Crippen LogP contribution in [0.2, 0.25) is 0 Å². The minimum absolute atomic E-state index is 0.0905. The average Bonchev–Trinajstić information content (AvgIpc) is 3.15. The molecule has 0 saturated carbocycles. The van der Waals surface area contributed by atoms with Crippen molar-refractivity contribution in [1.29, 1.82) is 0 Å². The van der Waals surface area contributed by atoms with Crippen LogP contribution in [0.5, 0.6) is 0 Å². The van der Waals surface area contributed by atoms with Crippen LogP contribution < -0.4 is 10.6 Å². The summed E-state index contributed by atoms with van der Waals surface area (Å²) < 4.78 is 33.5. The molecule has 0 unspecified atom stereocenters. The van der Waals surface area contributed by atoms with Crippen LogP contribution in [0.3, 0.4) is 0 Å². The van der Waals surface area contributed by atoms with Crippen molar-refractivity contribution in [3.8, 4) is 11.1 Å². The van der Waals surface area contributed by atoms with Gasteiger partial charge in [-0.2, -0.15) is 13.2 Å². The molecule has 9 nitrogen and oxygen atoms in total. The summed E-state index contributed by atoms with van der Waals surface area (Å²) in [7, 11) is 1.80. The van der Waals surface area contributed by atoms with Crippen molar-refractivity contribution < 1.29 is 33.0 Å². The highest BCUT2D eigenvalue weighted by Crippen LogP contribution is 2.22. The molecule has 32 heavy (non-hydrogen) atoms. The number of anilines is 2. The second-order valence-corrected chi connectivity index (χ2v) is 6.29. The van der Waals surface area contributed by atoms with Crippen LogP contribution in [0.25, 0.3) is 11.1 Å². The van der Waals surface area contributed by atoms with Crippen molar-refractivity contribution in [2.24, 2.45) is 7.05 Å². The fourth-order valence-corrected chi connectivity index (χ4v) is 2.40. The molecule has 0 aliphatic rings. The number of amides is 1. The van der Waals surface area contributed by atoms with Crippen molar-refractivity contribution in [2.45, 2.75) is 6.18 Å². The van der Waals surface area contributed by atoms with E-state index in [1.807, 2.05) is 36.5 Å². The minimum Gasteiger partial charge on any atom is -0.475 e. The number of aliphatic carboxylic acids is 1. The van der Waals surface area contributed by atoms with Crippen LogP contribution in [0.15, 0.2) is 55.0 Å². The molecule has 2 aromatic heterocycles. The lowest BCUT2D eigenvalue weighted by atomic mass is 10.2. The summed E-state index contributed by atoms with van der Waals surface area (Å²) in [4.78, 5) is 29.6. The molecule has 0 aliphatic carbocycles. The maximum atomic E-state index is 12.0. The maximum Gasteiger partial charge on any atom is 0.490 e. The van der Waals surface area contributed by atoms with E-state index in [-0.39, 0.29) is 19.1 Å². The third-order valence-electron chi connectivity index (χ3n) is 3.89. The molecular weight excluding hydrogens is 431 g/mol. The topological polar surface area (TPSA) is 129 Å². The highest BCUT2D eigenvalue weighted by atomic mass is 19.4. The number of aliphatic hydroxyl groups is 1. The molecule has 170 valence electrons. The van der Waals surface area contributed by atoms with E-state index in [9.17, 15) is 18.0 Å². The number of aliphatic hydroxyl groups excluding tert-OH is 1. The predicted molar refractivity (Wildman–Crippen MR) is 109 cm³/mol. The smallest absolute Gasteiger partial charge is 0.475 e. The van der Waals surface area contributed by atoms with Gasteiger partial charge < -0.3 is 25.4 Å². The predicted octanol–water partition coefficient (Wildman–Crippen LogP) is 2.58. The van der Waals surface area contributed by atoms with Crippen LogP contribution in [-0.4, -0.2) is 56.0 Å². The standard InChI is InChI=1S/C18H19N5O2.C2HF3O2/c1-23-12-13(9-16(23)17(25)19-7-8-24)14-10-20-18(21-11-14)22-15-5-3-2-4-6-15;3-2(4,5)1(6)7/h2-6,9-12,24H,7-8H2,1H3,(H,19,25)(H,20,21,22);(H,6,7). The van der Waals surface area contributed by atoms with Crippen LogP contribution in [0.1, 0.15) is 10.5 Å². The fraction of sp³-hybridized carbons (Fsp3) is 0.200. The number of carboxylic acid groups (broad SMARTS) is 1. The summed E-state index contributed by atoms with van der Waals surface area (Å²) in [6.07, 6.45) is 0.183. The Morgan fingerprint density at radius 3 is 2.22 bits per heavy atom. The molecule has 0 fully saturated rings. The summed E-state index contributed by atoms with van der Waals surface area (Å²) in [6, 6.07) is 11.5. The van der Waals surface area contributed by atoms with Gasteiger partial charge in [0.05, 0.1) is 6.61 Å². The zero-order valence-corrected chi connectivity index (χ0v) is 16.8. The van der Waals surface area contributed by atoms with Crippen molar-refractivity contribution >= 4 is 23.5 Å². The molecule has 0 atom stereocenters. The Morgan fingerprint density at radius 2 is 1.69 bits per heavy atom. The van der Waals surface area contributed by atoms with Gasteiger partial charge in [0.1, 0.15) is 5.69 Å². The molecule has 0 spiro atoms. The monoisotopic (exact) mass is 451 g/mol. The molecule has 1 amide bonds. The largest absolute Gasteiger partial charge is 0.490 e. The van der Waals surface area contributed by atoms with E-state index in [1.165, 1.54) is 0 Å². The Hall–Kier alpha value is -3.93. The lowest BCUT2D eigenvalue weighted by Crippen LogP contribution is -2.27. The molecule has 0 aliphatic heterocycles. The molecule has 12 heteroatoms. The zero-order chi connectivity index (χ0) is 23.7. The van der Waals surface area contributed by atoms with Gasteiger partial charge in [0, 0.05) is 49.0 Å². The second-order valence-electron chi connectivity index (χ2n) is 6.29. The number of alkyl halides is 3. The van der Waals surface area contributed by atoms with Gasteiger partial charge in [-0.1, -0.05) is 18.2 Å². The first-order valence-corrected chi connectivity index (χ1v) is 9.12. The number of benzene rings is 1. The summed E-state index contributed by atoms with van der Waals surface area (Å²) >= 11 is 0. The first-order chi connectivity index (χ1) is 15.1. The van der Waals surface area contributed by atoms with Crippen molar-refractivity contribution in [3.05, 3.63) is 60.7 Å². The molecule has 2 heterocycles. The van der Waals surface area contributed by atoms with E-state index in [2.05, 4.69) is 20.6 Å². The number of aryl methyl sites for hydroxylation is 1. The number of nitrogens with zero attached hydrogens (tertiary/aromatic N) is 3. The number of aromatic nitrogens is 3. The number of rotatable bonds is 6. The molecule has 0 bridgehead atoms. The normalized spacial score (nSPS) is 10.7. The summed E-state index contributed by atoms with van der Waals surface area (Å²) in [6.45, 7) is 0.134. The van der Waals surface area contributed by atoms with Crippen LogP contribution in [0.4, 0.5) is 24.8 Å². The van der Waals surface area contributed by atoms with Gasteiger partial charge in [-0.25, -0.2) is 14.8 Å². The molecule has 3 aromatic rings. The number of halogens is 3. The molecular formula is C20H20F3N5O4. The fourth-order valence-electron chi connectivity index (χ4n) is 2.40. The number of para-hydroxylation sites is 1. The number of hydrogen-bond donors (Lipinski definition) is 4. The highest BCUT2D eigenvalue weighted by molar-refractivity contribution is 5.94. The molecule has 0 radical (unpaired) electrons. The maximum absolute atomic E-state index is 12.0. The number of carboxylic acids is 1. The Kier molecular flexibility index (Phi) is 8.30. The summed E-state index contributed by atoms with van der Waals surface area (Å²) in [5, 5.41) is 21.7. The highest BCUT2D eigenvalue weighted by Gasteiger charge is 2.38. The second kappa shape index (κ2) is 10.9. The minimum atomic E-state index is -5.08. The quantitative estimate of drug-likeness (QED) is 0.453. The van der Waals surface area contributed by atoms with E-state index < -0.39 is 12.1 Å². The first-order valence-electron chi connectivity index (χ1n) is 9.12. The Morgan fingerprint density at radius 1 is 1.09 bits per heavy atom. The van der Waals surface area contributed by atoms with Gasteiger partial charge >= 0.3 is 12.1 Å². The average molecular weight is 451 g/mol. The number of carbonyl (C=O) groups excluding carboxylic acids is 1. The van der Waals surface area contributed by atoms with Gasteiger partial charge in [-0.3, -0.25) is 4.79 Å². The lowest BCUT2D eigenvalue weighted by Gasteiger charge is -2.04. The van der Waals surface area contributed by atoms with Gasteiger partial charge in [-0.05, 0) is 18.2 Å². The number of nitrogens with one attached hydrogen (secondary N) is 2. The van der Waals surface area contributed by atoms with Crippen molar-refractivity contribution in [1.82, 2.24) is 19.9 Å². The SMILES string of the molecule is Cn1cc(-c2cnc(Nc3ccccc3)nc2)cc1C(=O)NCCO.O=C(O)C(F)(F)F. The van der Waals surface area contributed by atoms with Crippen molar-refractivity contribution in [3.63, 3.8) is 0 Å². The molecule has 1 aromatic carbocycles. The number of hydrogen-bond acceptors (Lipinski definition) is 6. The van der Waals surface area contributed by atoms with Gasteiger partial charge in [-0.15, -0.1) is 0 Å². The Labute approximate surface area is 180 Å². The van der Waals surface area contributed by atoms with E-state index in [0.717, 1.165) is 16.8 Å². The van der Waals surface area contributed by atoms with E-state index >= 15 is 0 Å². The van der Waals surface area contributed by atoms with Gasteiger partial charge in [0.15, 0.2) is 0 Å². The Bertz CT molecular complexity index is 1040.